The van der Waals surface area contributed by atoms with E-state index < -0.39 is 23.4 Å². The van der Waals surface area contributed by atoms with E-state index in [0.717, 1.165) is 10.8 Å². The van der Waals surface area contributed by atoms with Gasteiger partial charge in [0.05, 0.1) is 30.9 Å². The number of fused-ring (bicyclic) bond motifs is 1. The van der Waals surface area contributed by atoms with Crippen molar-refractivity contribution < 1.29 is 33.5 Å². The molecule has 0 aliphatic heterocycles. The van der Waals surface area contributed by atoms with Crippen LogP contribution in [0.5, 0.6) is 23.0 Å². The number of hydrogen-bond acceptors (Lipinski definition) is 9. The summed E-state index contributed by atoms with van der Waals surface area (Å²) in [6, 6.07) is 21.2. The van der Waals surface area contributed by atoms with Gasteiger partial charge in [-0.15, -0.1) is 0 Å². The molecule has 0 heterocycles. The molecule has 1 amide bonds. The largest absolute Gasteiger partial charge is 0.493 e. The zero-order chi connectivity index (χ0) is 27.8. The number of ether oxygens (including phenoxy) is 4. The van der Waals surface area contributed by atoms with Gasteiger partial charge in [0, 0.05) is 11.6 Å². The molecule has 0 spiro atoms. The van der Waals surface area contributed by atoms with Crippen LogP contribution in [-0.2, 0) is 4.79 Å². The van der Waals surface area contributed by atoms with E-state index in [1.807, 2.05) is 24.3 Å². The first-order valence-electron chi connectivity index (χ1n) is 11.6. The summed E-state index contributed by atoms with van der Waals surface area (Å²) in [5, 5.41) is 16.7. The van der Waals surface area contributed by atoms with E-state index in [2.05, 4.69) is 10.5 Å². The molecule has 1 N–H and O–H groups in total. The van der Waals surface area contributed by atoms with Gasteiger partial charge >= 0.3 is 11.7 Å². The molecular formula is C28H23N3O8. The van der Waals surface area contributed by atoms with Crippen LogP contribution in [0.4, 0.5) is 5.69 Å². The van der Waals surface area contributed by atoms with Crippen molar-refractivity contribution in [2.45, 2.75) is 0 Å². The average molecular weight is 530 g/mol. The quantitative estimate of drug-likeness (QED) is 0.104. The van der Waals surface area contributed by atoms with Crippen LogP contribution in [0.25, 0.3) is 10.8 Å². The number of carbonyl (C=O) groups excluding carboxylic acids is 2. The summed E-state index contributed by atoms with van der Waals surface area (Å²) in [7, 11) is 2.96. The summed E-state index contributed by atoms with van der Waals surface area (Å²) >= 11 is 0. The average Bonchev–Trinajstić information content (AvgIpc) is 2.96. The highest BCUT2D eigenvalue weighted by molar-refractivity contribution is 6.04. The minimum Gasteiger partial charge on any atom is -0.493 e. The number of para-hydroxylation sites is 2. The van der Waals surface area contributed by atoms with E-state index in [4.69, 9.17) is 18.9 Å². The third kappa shape index (κ3) is 6.28. The van der Waals surface area contributed by atoms with Crippen LogP contribution in [0.2, 0.25) is 0 Å². The molecule has 198 valence electrons. The number of nitro groups is 1. The molecule has 0 fully saturated rings. The van der Waals surface area contributed by atoms with Gasteiger partial charge < -0.3 is 18.9 Å². The number of nitro benzene ring substituents is 1. The molecular weight excluding hydrogens is 506 g/mol. The third-order valence-electron chi connectivity index (χ3n) is 5.56. The van der Waals surface area contributed by atoms with Gasteiger partial charge in [0.1, 0.15) is 5.75 Å². The van der Waals surface area contributed by atoms with Crippen molar-refractivity contribution in [3.8, 4) is 23.0 Å². The monoisotopic (exact) mass is 529 g/mol. The second-order valence-electron chi connectivity index (χ2n) is 7.96. The van der Waals surface area contributed by atoms with Gasteiger partial charge in [-0.05, 0) is 41.1 Å². The van der Waals surface area contributed by atoms with E-state index in [1.54, 1.807) is 30.3 Å². The number of hydrogen-bond donors (Lipinski definition) is 1. The standard InChI is InChI=1S/C28H23N3O8/c1-36-25-14-12-19(15-26(25)37-2)28(33)39-23-13-11-18-7-3-4-8-20(18)21(23)16-29-30-27(32)17-38-24-10-6-5-9-22(24)31(34)35/h3-16H,17H2,1-2H3,(H,30,32). The second kappa shape index (κ2) is 12.2. The molecule has 4 aromatic carbocycles. The number of methoxy groups -OCH3 is 2. The number of carbonyl (C=O) groups is 2. The van der Waals surface area contributed by atoms with Gasteiger partial charge in [0.2, 0.25) is 0 Å². The van der Waals surface area contributed by atoms with Gasteiger partial charge in [-0.2, -0.15) is 5.10 Å². The van der Waals surface area contributed by atoms with Gasteiger partial charge in [0.15, 0.2) is 23.9 Å². The summed E-state index contributed by atoms with van der Waals surface area (Å²) in [6.07, 6.45) is 1.35. The number of nitrogens with one attached hydrogen (secondary N) is 1. The lowest BCUT2D eigenvalue weighted by Crippen LogP contribution is -2.24. The van der Waals surface area contributed by atoms with Crippen LogP contribution in [0, 0.1) is 10.1 Å². The number of hydrazone groups is 1. The minimum atomic E-state index is -0.645. The molecule has 0 bridgehead atoms. The predicted molar refractivity (Wildman–Crippen MR) is 143 cm³/mol. The van der Waals surface area contributed by atoms with Crippen molar-refractivity contribution in [2.24, 2.45) is 5.10 Å². The maximum absolute atomic E-state index is 13.0. The van der Waals surface area contributed by atoms with E-state index in [-0.39, 0.29) is 22.7 Å². The smallest absolute Gasteiger partial charge is 0.343 e. The highest BCUT2D eigenvalue weighted by atomic mass is 16.6. The van der Waals surface area contributed by atoms with Gasteiger partial charge in [-0.3, -0.25) is 14.9 Å². The Morgan fingerprint density at radius 1 is 0.897 bits per heavy atom. The van der Waals surface area contributed by atoms with Crippen LogP contribution in [-0.4, -0.2) is 43.8 Å². The first-order valence-corrected chi connectivity index (χ1v) is 11.6. The maximum Gasteiger partial charge on any atom is 0.343 e. The minimum absolute atomic E-state index is 0.0416. The van der Waals surface area contributed by atoms with Gasteiger partial charge in [0.25, 0.3) is 5.91 Å². The summed E-state index contributed by atoms with van der Waals surface area (Å²) in [6.45, 7) is -0.501. The van der Waals surface area contributed by atoms with E-state index >= 15 is 0 Å². The fourth-order valence-corrected chi connectivity index (χ4v) is 3.69. The zero-order valence-corrected chi connectivity index (χ0v) is 21.0. The summed E-state index contributed by atoms with van der Waals surface area (Å²) < 4.78 is 21.4. The molecule has 0 unspecified atom stereocenters. The number of amides is 1. The molecule has 0 aliphatic rings. The van der Waals surface area contributed by atoms with Crippen molar-refractivity contribution >= 4 is 34.6 Å². The van der Waals surface area contributed by atoms with Gasteiger partial charge in [-0.1, -0.05) is 42.5 Å². The molecule has 0 aromatic heterocycles. The molecule has 0 saturated carbocycles. The molecule has 0 atom stereocenters. The Hall–Kier alpha value is -5.45. The Bertz CT molecular complexity index is 1570. The number of esters is 1. The van der Waals surface area contributed by atoms with Crippen LogP contribution in [0.1, 0.15) is 15.9 Å². The highest BCUT2D eigenvalue weighted by Gasteiger charge is 2.17. The van der Waals surface area contributed by atoms with E-state index in [0.29, 0.717) is 17.1 Å². The third-order valence-corrected chi connectivity index (χ3v) is 5.56. The molecule has 4 aromatic rings. The maximum atomic E-state index is 13.0. The SMILES string of the molecule is COc1ccc(C(=O)Oc2ccc3ccccc3c2C=NNC(=O)COc2ccccc2[N+](=O)[O-])cc1OC. The summed E-state index contributed by atoms with van der Waals surface area (Å²) in [5.41, 5.74) is 2.75. The normalized spacial score (nSPS) is 10.7. The number of rotatable bonds is 10. The lowest BCUT2D eigenvalue weighted by Gasteiger charge is -2.12. The number of benzene rings is 4. The zero-order valence-electron chi connectivity index (χ0n) is 21.0. The predicted octanol–water partition coefficient (Wildman–Crippen LogP) is 4.51. The van der Waals surface area contributed by atoms with Crippen molar-refractivity contribution in [3.63, 3.8) is 0 Å². The highest BCUT2D eigenvalue weighted by Crippen LogP contribution is 2.30. The second-order valence-corrected chi connectivity index (χ2v) is 7.96. The van der Waals surface area contributed by atoms with Crippen LogP contribution < -0.4 is 24.4 Å². The molecule has 0 aliphatic carbocycles. The van der Waals surface area contributed by atoms with Crippen LogP contribution >= 0.6 is 0 Å². The molecule has 0 radical (unpaired) electrons. The molecule has 4 rings (SSSR count). The lowest BCUT2D eigenvalue weighted by atomic mass is 10.0. The molecule has 0 saturated heterocycles. The topological polar surface area (TPSA) is 139 Å². The first kappa shape index (κ1) is 26.6. The Morgan fingerprint density at radius 3 is 2.38 bits per heavy atom. The Balaban J connectivity index is 1.52. The molecule has 39 heavy (non-hydrogen) atoms. The lowest BCUT2D eigenvalue weighted by molar-refractivity contribution is -0.385. The van der Waals surface area contributed by atoms with Crippen molar-refractivity contribution in [2.75, 3.05) is 20.8 Å². The van der Waals surface area contributed by atoms with Crippen LogP contribution in [0.3, 0.4) is 0 Å². The van der Waals surface area contributed by atoms with E-state index in [9.17, 15) is 19.7 Å². The van der Waals surface area contributed by atoms with Crippen molar-refractivity contribution in [1.29, 1.82) is 0 Å². The van der Waals surface area contributed by atoms with E-state index in [1.165, 1.54) is 44.7 Å². The van der Waals surface area contributed by atoms with Crippen molar-refractivity contribution in [3.05, 3.63) is 100 Å². The van der Waals surface area contributed by atoms with Gasteiger partial charge in [-0.25, -0.2) is 10.2 Å². The summed E-state index contributed by atoms with van der Waals surface area (Å²) in [4.78, 5) is 35.8. The fraction of sp³-hybridized carbons (Fsp3) is 0.107. The Labute approximate surface area is 222 Å². The van der Waals surface area contributed by atoms with Crippen LogP contribution in [0.15, 0.2) is 84.0 Å². The summed E-state index contributed by atoms with van der Waals surface area (Å²) in [5.74, 6) is -0.272. The number of nitrogens with zero attached hydrogens (tertiary/aromatic N) is 2. The molecule has 11 nitrogen and oxygen atoms in total. The van der Waals surface area contributed by atoms with Crippen molar-refractivity contribution in [1.82, 2.24) is 5.43 Å². The molecule has 11 heteroatoms. The Morgan fingerprint density at radius 2 is 1.62 bits per heavy atom. The first-order chi connectivity index (χ1) is 18.9. The Kier molecular flexibility index (Phi) is 8.32. The fourth-order valence-electron chi connectivity index (χ4n) is 3.69.